The molecular weight excluding hydrogens is 455 g/mol. The minimum absolute atomic E-state index is 0. The van der Waals surface area contributed by atoms with E-state index in [-0.39, 0.29) is 24.8 Å². The number of halogens is 3. The maximum absolute atomic E-state index is 6.06. The summed E-state index contributed by atoms with van der Waals surface area (Å²) >= 11 is 5.97. The number of ether oxygens (including phenoxy) is 1. The second-order valence-corrected chi connectivity index (χ2v) is 7.89. The van der Waals surface area contributed by atoms with E-state index in [9.17, 15) is 0 Å². The number of nitrogens with two attached hydrogens (primary N) is 1. The Labute approximate surface area is 200 Å². The van der Waals surface area contributed by atoms with Crippen molar-refractivity contribution < 1.29 is 4.74 Å². The second-order valence-electron chi connectivity index (χ2n) is 7.45. The Morgan fingerprint density at radius 3 is 2.39 bits per heavy atom. The third-order valence-electron chi connectivity index (χ3n) is 5.33. The topological polar surface area (TPSA) is 73.1 Å². The van der Waals surface area contributed by atoms with Crippen molar-refractivity contribution in [2.24, 2.45) is 5.73 Å². The number of nitrogens with zero attached hydrogens (tertiary/aromatic N) is 2. The molecule has 4 rings (SSSR count). The summed E-state index contributed by atoms with van der Waals surface area (Å²) in [6.45, 7) is 0. The number of benzene rings is 2. The van der Waals surface area contributed by atoms with E-state index in [0.29, 0.717) is 17.9 Å². The molecule has 8 heteroatoms. The number of fused-ring (bicyclic) bond motifs is 1. The van der Waals surface area contributed by atoms with Crippen LogP contribution in [0.4, 0.5) is 5.82 Å². The van der Waals surface area contributed by atoms with Crippen LogP contribution in [0.25, 0.3) is 23.1 Å². The van der Waals surface area contributed by atoms with Gasteiger partial charge in [-0.25, -0.2) is 9.97 Å². The molecule has 0 bridgehead atoms. The van der Waals surface area contributed by atoms with Crippen molar-refractivity contribution in [3.8, 4) is 5.75 Å². The smallest absolute Gasteiger partial charge is 0.154 e. The highest BCUT2D eigenvalue weighted by molar-refractivity contribution is 6.30. The summed E-state index contributed by atoms with van der Waals surface area (Å²) in [6, 6.07) is 14.2. The van der Waals surface area contributed by atoms with Crippen LogP contribution in [0.2, 0.25) is 5.02 Å². The van der Waals surface area contributed by atoms with Crippen LogP contribution in [0.5, 0.6) is 5.75 Å². The van der Waals surface area contributed by atoms with Gasteiger partial charge in [0.05, 0.1) is 12.6 Å². The molecule has 1 fully saturated rings. The second kappa shape index (κ2) is 11.5. The molecule has 3 aromatic rings. The van der Waals surface area contributed by atoms with Gasteiger partial charge >= 0.3 is 0 Å². The zero-order valence-electron chi connectivity index (χ0n) is 17.3. The predicted molar refractivity (Wildman–Crippen MR) is 135 cm³/mol. The van der Waals surface area contributed by atoms with Gasteiger partial charge in [-0.05, 0) is 67.7 Å². The van der Waals surface area contributed by atoms with Gasteiger partial charge in [-0.3, -0.25) is 0 Å². The average Bonchev–Trinajstić information content (AvgIpc) is 2.74. The van der Waals surface area contributed by atoms with Crippen LogP contribution in [0.3, 0.4) is 0 Å². The van der Waals surface area contributed by atoms with Gasteiger partial charge in [0, 0.05) is 22.5 Å². The standard InChI is InChI=1S/C23H25ClN4O.2ClH/c1-29-19-11-12-21-20(14-19)23(26-18-9-7-17(25)8-10-18)28-22(27-21)13-4-15-2-5-16(24)6-3-15;;/h2-6,11-14,17-18H,7-10,25H2,1H3,(H,26,27,28);2*1H/b13-4-;;. The van der Waals surface area contributed by atoms with Gasteiger partial charge < -0.3 is 15.8 Å². The summed E-state index contributed by atoms with van der Waals surface area (Å²) in [5.41, 5.74) is 7.99. The number of hydrogen-bond acceptors (Lipinski definition) is 5. The number of aromatic nitrogens is 2. The van der Waals surface area contributed by atoms with Crippen molar-refractivity contribution >= 4 is 65.3 Å². The van der Waals surface area contributed by atoms with E-state index in [0.717, 1.165) is 58.7 Å². The third kappa shape index (κ3) is 6.47. The molecule has 0 radical (unpaired) electrons. The van der Waals surface area contributed by atoms with E-state index >= 15 is 0 Å². The Morgan fingerprint density at radius 1 is 1.00 bits per heavy atom. The van der Waals surface area contributed by atoms with Crippen molar-refractivity contribution in [1.29, 1.82) is 0 Å². The normalized spacial score (nSPS) is 18.3. The summed E-state index contributed by atoms with van der Waals surface area (Å²) in [4.78, 5) is 9.51. The molecule has 3 N–H and O–H groups in total. The molecule has 1 heterocycles. The van der Waals surface area contributed by atoms with Crippen molar-refractivity contribution in [3.05, 3.63) is 58.9 Å². The monoisotopic (exact) mass is 480 g/mol. The van der Waals surface area contributed by atoms with Gasteiger partial charge in [-0.2, -0.15) is 0 Å². The molecule has 1 saturated carbocycles. The third-order valence-corrected chi connectivity index (χ3v) is 5.58. The highest BCUT2D eigenvalue weighted by atomic mass is 35.5. The van der Waals surface area contributed by atoms with Crippen LogP contribution in [0.1, 0.15) is 37.1 Å². The van der Waals surface area contributed by atoms with E-state index < -0.39 is 0 Å². The zero-order valence-corrected chi connectivity index (χ0v) is 19.6. The van der Waals surface area contributed by atoms with Gasteiger partial charge in [-0.15, -0.1) is 24.8 Å². The Balaban J connectivity index is 0.00000171. The first-order valence-corrected chi connectivity index (χ1v) is 10.3. The van der Waals surface area contributed by atoms with Crippen LogP contribution in [0, 0.1) is 0 Å². The molecular formula is C23H27Cl3N4O. The number of hydrogen-bond donors (Lipinski definition) is 2. The summed E-state index contributed by atoms with van der Waals surface area (Å²) in [7, 11) is 1.67. The Morgan fingerprint density at radius 2 is 1.71 bits per heavy atom. The first kappa shape index (κ1) is 25.2. The maximum Gasteiger partial charge on any atom is 0.154 e. The average molecular weight is 482 g/mol. The van der Waals surface area contributed by atoms with Crippen LogP contribution in [-0.4, -0.2) is 29.2 Å². The first-order valence-electron chi connectivity index (χ1n) is 9.92. The lowest BCUT2D eigenvalue weighted by molar-refractivity contribution is 0.410. The summed E-state index contributed by atoms with van der Waals surface area (Å²) in [5.74, 6) is 2.29. The van der Waals surface area contributed by atoms with Crippen LogP contribution < -0.4 is 15.8 Å². The molecule has 0 aliphatic heterocycles. The largest absolute Gasteiger partial charge is 0.497 e. The van der Waals surface area contributed by atoms with Crippen molar-refractivity contribution in [3.63, 3.8) is 0 Å². The number of rotatable bonds is 5. The highest BCUT2D eigenvalue weighted by Crippen LogP contribution is 2.28. The fourth-order valence-corrected chi connectivity index (χ4v) is 3.76. The Kier molecular flexibility index (Phi) is 9.38. The molecule has 0 unspecified atom stereocenters. The molecule has 1 aliphatic rings. The van der Waals surface area contributed by atoms with Crippen LogP contribution >= 0.6 is 36.4 Å². The summed E-state index contributed by atoms with van der Waals surface area (Å²) in [6.07, 6.45) is 8.08. The SMILES string of the molecule is COc1ccc2nc(/C=C\c3ccc(Cl)cc3)nc(NC3CCC(N)CC3)c2c1.Cl.Cl. The molecule has 1 aliphatic carbocycles. The molecule has 0 spiro atoms. The molecule has 2 aromatic carbocycles. The molecule has 1 aromatic heterocycles. The quantitative estimate of drug-likeness (QED) is 0.468. The van der Waals surface area contributed by atoms with Crippen molar-refractivity contribution in [2.45, 2.75) is 37.8 Å². The highest BCUT2D eigenvalue weighted by Gasteiger charge is 2.20. The van der Waals surface area contributed by atoms with E-state index in [1.54, 1.807) is 7.11 Å². The number of nitrogens with one attached hydrogen (secondary N) is 1. The Bertz CT molecular complexity index is 1020. The molecule has 31 heavy (non-hydrogen) atoms. The minimum Gasteiger partial charge on any atom is -0.497 e. The number of anilines is 1. The fourth-order valence-electron chi connectivity index (χ4n) is 3.64. The maximum atomic E-state index is 6.06. The van der Waals surface area contributed by atoms with Gasteiger partial charge in [0.1, 0.15) is 11.6 Å². The summed E-state index contributed by atoms with van der Waals surface area (Å²) < 4.78 is 5.40. The lowest BCUT2D eigenvalue weighted by atomic mass is 9.92. The van der Waals surface area contributed by atoms with E-state index in [4.69, 9.17) is 32.0 Å². The zero-order chi connectivity index (χ0) is 20.2. The van der Waals surface area contributed by atoms with Gasteiger partial charge in [0.25, 0.3) is 0 Å². The Hall–Kier alpha value is -2.05. The van der Waals surface area contributed by atoms with Gasteiger partial charge in [0.15, 0.2) is 5.82 Å². The van der Waals surface area contributed by atoms with E-state index in [2.05, 4.69) is 5.32 Å². The van der Waals surface area contributed by atoms with Gasteiger partial charge in [-0.1, -0.05) is 29.8 Å². The molecule has 0 saturated heterocycles. The van der Waals surface area contributed by atoms with Crippen molar-refractivity contribution in [1.82, 2.24) is 9.97 Å². The van der Waals surface area contributed by atoms with Crippen LogP contribution in [-0.2, 0) is 0 Å². The number of methoxy groups -OCH3 is 1. The molecule has 166 valence electrons. The predicted octanol–water partition coefficient (Wildman–Crippen LogP) is 5.99. The molecule has 0 amide bonds. The molecule has 5 nitrogen and oxygen atoms in total. The fraction of sp³-hybridized carbons (Fsp3) is 0.304. The lowest BCUT2D eigenvalue weighted by Gasteiger charge is -2.27. The van der Waals surface area contributed by atoms with Gasteiger partial charge in [0.2, 0.25) is 0 Å². The summed E-state index contributed by atoms with van der Waals surface area (Å²) in [5, 5.41) is 5.31. The first-order chi connectivity index (χ1) is 14.1. The molecule has 0 atom stereocenters. The van der Waals surface area contributed by atoms with E-state index in [1.165, 1.54) is 0 Å². The lowest BCUT2D eigenvalue weighted by Crippen LogP contribution is -2.33. The van der Waals surface area contributed by atoms with Crippen molar-refractivity contribution in [2.75, 3.05) is 12.4 Å². The van der Waals surface area contributed by atoms with E-state index in [1.807, 2.05) is 54.6 Å². The van der Waals surface area contributed by atoms with Crippen LogP contribution in [0.15, 0.2) is 42.5 Å². The minimum atomic E-state index is 0.